The maximum Gasteiger partial charge on any atom is 0.308 e. The number of carbonyl (C=O) groups is 3. The van der Waals surface area contributed by atoms with Crippen molar-refractivity contribution in [1.82, 2.24) is 4.72 Å². The zero-order valence-corrected chi connectivity index (χ0v) is 16.0. The van der Waals surface area contributed by atoms with Gasteiger partial charge in [0.25, 0.3) is 21.8 Å². The number of esters is 1. The number of hydrogen-bond acceptors (Lipinski definition) is 6. The van der Waals surface area contributed by atoms with E-state index in [1.54, 1.807) is 6.92 Å². The number of rotatable bonds is 6. The average molecular weight is 402 g/mol. The summed E-state index contributed by atoms with van der Waals surface area (Å²) in [5, 5.41) is 2.55. The van der Waals surface area contributed by atoms with Crippen LogP contribution < -0.4 is 14.8 Å². The normalized spacial score (nSPS) is 10.6. The summed E-state index contributed by atoms with van der Waals surface area (Å²) in [5.41, 5.74) is 0.771. The predicted octanol–water partition coefficient (Wildman–Crippen LogP) is 2.25. The van der Waals surface area contributed by atoms with Crippen LogP contribution in [0.1, 0.15) is 24.2 Å². The van der Waals surface area contributed by atoms with Gasteiger partial charge in [-0.25, -0.2) is 13.1 Å². The van der Waals surface area contributed by atoms with Gasteiger partial charge in [-0.1, -0.05) is 6.58 Å². The minimum Gasteiger partial charge on any atom is -0.427 e. The van der Waals surface area contributed by atoms with E-state index in [9.17, 15) is 22.8 Å². The standard InChI is InChI=1S/C19H18N2O6S/c1-12(2)18(23)20-15-6-10-17(11-7-15)28(25,26)21-19(24)14-4-8-16(9-5-14)27-13(3)22/h4-11H,1H2,2-3H3,(H,20,23)(H,21,24). The fourth-order valence-electron chi connectivity index (χ4n) is 2.04. The van der Waals surface area contributed by atoms with E-state index in [4.69, 9.17) is 4.74 Å². The van der Waals surface area contributed by atoms with Crippen molar-refractivity contribution in [1.29, 1.82) is 0 Å². The fraction of sp³-hybridized carbons (Fsp3) is 0.105. The van der Waals surface area contributed by atoms with Crippen LogP contribution in [0.3, 0.4) is 0 Å². The van der Waals surface area contributed by atoms with Crippen LogP contribution in [0.4, 0.5) is 5.69 Å². The molecule has 0 heterocycles. The summed E-state index contributed by atoms with van der Waals surface area (Å²) in [6, 6.07) is 10.7. The molecule has 2 rings (SSSR count). The second-order valence-electron chi connectivity index (χ2n) is 5.81. The Kier molecular flexibility index (Phi) is 6.32. The number of amides is 2. The Morgan fingerprint density at radius 1 is 0.929 bits per heavy atom. The minimum atomic E-state index is -4.11. The maximum absolute atomic E-state index is 12.4. The molecule has 2 N–H and O–H groups in total. The third kappa shape index (κ3) is 5.52. The van der Waals surface area contributed by atoms with E-state index in [0.29, 0.717) is 11.3 Å². The Labute approximate surface area is 162 Å². The van der Waals surface area contributed by atoms with Gasteiger partial charge in [0, 0.05) is 23.7 Å². The second kappa shape index (κ2) is 8.49. The first-order valence-corrected chi connectivity index (χ1v) is 9.49. The van der Waals surface area contributed by atoms with Gasteiger partial charge in [-0.15, -0.1) is 0 Å². The van der Waals surface area contributed by atoms with E-state index in [2.05, 4.69) is 11.9 Å². The first-order valence-electron chi connectivity index (χ1n) is 8.01. The number of sulfonamides is 1. The summed E-state index contributed by atoms with van der Waals surface area (Å²) in [6.07, 6.45) is 0. The third-order valence-electron chi connectivity index (χ3n) is 3.42. The SMILES string of the molecule is C=C(C)C(=O)Nc1ccc(S(=O)(=O)NC(=O)c2ccc(OC(C)=O)cc2)cc1. The third-order valence-corrected chi connectivity index (χ3v) is 4.76. The molecule has 0 aliphatic rings. The van der Waals surface area contributed by atoms with Crippen molar-refractivity contribution >= 4 is 33.5 Å². The number of anilines is 1. The average Bonchev–Trinajstić information content (AvgIpc) is 2.61. The van der Waals surface area contributed by atoms with Crippen LogP contribution in [0.25, 0.3) is 0 Å². The van der Waals surface area contributed by atoms with Crippen LogP contribution in [0.15, 0.2) is 65.6 Å². The molecule has 9 heteroatoms. The molecule has 0 unspecified atom stereocenters. The molecule has 0 radical (unpaired) electrons. The molecule has 2 aromatic carbocycles. The van der Waals surface area contributed by atoms with Gasteiger partial charge in [-0.3, -0.25) is 14.4 Å². The van der Waals surface area contributed by atoms with E-state index in [0.717, 1.165) is 0 Å². The molecule has 8 nitrogen and oxygen atoms in total. The van der Waals surface area contributed by atoms with Gasteiger partial charge in [0.05, 0.1) is 4.90 Å². The number of benzene rings is 2. The number of ether oxygens (including phenoxy) is 1. The lowest BCUT2D eigenvalue weighted by Crippen LogP contribution is -2.30. The van der Waals surface area contributed by atoms with Crippen LogP contribution in [0.5, 0.6) is 5.75 Å². The fourth-order valence-corrected chi connectivity index (χ4v) is 3.01. The van der Waals surface area contributed by atoms with Gasteiger partial charge in [-0.05, 0) is 55.5 Å². The van der Waals surface area contributed by atoms with Crippen molar-refractivity contribution in [2.75, 3.05) is 5.32 Å². The first kappa shape index (κ1) is 20.8. The monoisotopic (exact) mass is 402 g/mol. The van der Waals surface area contributed by atoms with Crippen LogP contribution in [0.2, 0.25) is 0 Å². The summed E-state index contributed by atoms with van der Waals surface area (Å²) in [7, 11) is -4.11. The molecular formula is C19H18N2O6S. The van der Waals surface area contributed by atoms with E-state index in [1.165, 1.54) is 55.5 Å². The van der Waals surface area contributed by atoms with Crippen LogP contribution in [0, 0.1) is 0 Å². The molecule has 0 aliphatic carbocycles. The molecule has 28 heavy (non-hydrogen) atoms. The van der Waals surface area contributed by atoms with Crippen LogP contribution in [-0.2, 0) is 19.6 Å². The quantitative estimate of drug-likeness (QED) is 0.435. The summed E-state index contributed by atoms with van der Waals surface area (Å²) in [6.45, 7) is 6.29. The van der Waals surface area contributed by atoms with Crippen molar-refractivity contribution in [2.24, 2.45) is 0 Å². The molecule has 146 valence electrons. The van der Waals surface area contributed by atoms with Crippen molar-refractivity contribution < 1.29 is 27.5 Å². The lowest BCUT2D eigenvalue weighted by Gasteiger charge is -2.09. The summed E-state index contributed by atoms with van der Waals surface area (Å²) >= 11 is 0. The summed E-state index contributed by atoms with van der Waals surface area (Å²) in [4.78, 5) is 34.5. The first-order chi connectivity index (χ1) is 13.1. The van der Waals surface area contributed by atoms with E-state index in [-0.39, 0.29) is 22.1 Å². The van der Waals surface area contributed by atoms with Crippen molar-refractivity contribution in [3.63, 3.8) is 0 Å². The van der Waals surface area contributed by atoms with Gasteiger partial charge in [-0.2, -0.15) is 0 Å². The second-order valence-corrected chi connectivity index (χ2v) is 7.49. The summed E-state index contributed by atoms with van der Waals surface area (Å²) < 4.78 is 31.5. The van der Waals surface area contributed by atoms with E-state index in [1.807, 2.05) is 4.72 Å². The molecule has 2 amide bonds. The highest BCUT2D eigenvalue weighted by Crippen LogP contribution is 2.16. The van der Waals surface area contributed by atoms with E-state index >= 15 is 0 Å². The van der Waals surface area contributed by atoms with Crippen LogP contribution in [-0.4, -0.2) is 26.2 Å². The lowest BCUT2D eigenvalue weighted by molar-refractivity contribution is -0.131. The highest BCUT2D eigenvalue weighted by Gasteiger charge is 2.19. The molecular weight excluding hydrogens is 384 g/mol. The van der Waals surface area contributed by atoms with Crippen molar-refractivity contribution in [3.8, 4) is 5.75 Å². The van der Waals surface area contributed by atoms with Crippen molar-refractivity contribution in [3.05, 3.63) is 66.2 Å². The van der Waals surface area contributed by atoms with Gasteiger partial charge in [0.1, 0.15) is 5.75 Å². The largest absolute Gasteiger partial charge is 0.427 e. The smallest absolute Gasteiger partial charge is 0.308 e. The van der Waals surface area contributed by atoms with Crippen LogP contribution >= 0.6 is 0 Å². The zero-order chi connectivity index (χ0) is 20.9. The molecule has 0 aliphatic heterocycles. The Bertz CT molecular complexity index is 1030. The van der Waals surface area contributed by atoms with Gasteiger partial charge >= 0.3 is 5.97 Å². The number of hydrogen-bond donors (Lipinski definition) is 2. The van der Waals surface area contributed by atoms with Gasteiger partial charge in [0.15, 0.2) is 0 Å². The Hall–Kier alpha value is -3.46. The molecule has 0 spiro atoms. The molecule has 0 saturated carbocycles. The predicted molar refractivity (Wildman–Crippen MR) is 102 cm³/mol. The molecule has 0 bridgehead atoms. The Morgan fingerprint density at radius 3 is 2.00 bits per heavy atom. The maximum atomic E-state index is 12.4. The molecule has 0 aromatic heterocycles. The van der Waals surface area contributed by atoms with E-state index < -0.39 is 21.9 Å². The Morgan fingerprint density at radius 2 is 1.50 bits per heavy atom. The minimum absolute atomic E-state index is 0.0739. The molecule has 0 fully saturated rings. The lowest BCUT2D eigenvalue weighted by atomic mass is 10.2. The summed E-state index contributed by atoms with van der Waals surface area (Å²) in [5.74, 6) is -1.50. The number of nitrogens with one attached hydrogen (secondary N) is 2. The Balaban J connectivity index is 2.10. The topological polar surface area (TPSA) is 119 Å². The highest BCUT2D eigenvalue weighted by molar-refractivity contribution is 7.90. The van der Waals surface area contributed by atoms with Crippen molar-refractivity contribution in [2.45, 2.75) is 18.7 Å². The molecule has 0 atom stereocenters. The van der Waals surface area contributed by atoms with Gasteiger partial charge in [0.2, 0.25) is 0 Å². The highest BCUT2D eigenvalue weighted by atomic mass is 32.2. The van der Waals surface area contributed by atoms with Gasteiger partial charge < -0.3 is 10.1 Å². The molecule has 2 aromatic rings. The zero-order valence-electron chi connectivity index (χ0n) is 15.2. The molecule has 0 saturated heterocycles. The number of carbonyl (C=O) groups excluding carboxylic acids is 3.